The minimum absolute atomic E-state index is 0.126. The summed E-state index contributed by atoms with van der Waals surface area (Å²) in [4.78, 5) is 23.2. The molecular formula is C15H19NO5. The van der Waals surface area contributed by atoms with E-state index in [-0.39, 0.29) is 17.4 Å². The Morgan fingerprint density at radius 1 is 1.33 bits per heavy atom. The molecule has 6 heteroatoms. The Morgan fingerprint density at radius 3 is 2.76 bits per heavy atom. The first kappa shape index (κ1) is 15.2. The van der Waals surface area contributed by atoms with Gasteiger partial charge in [0.2, 0.25) is 0 Å². The number of phenolic OH excluding ortho intramolecular Hbond substituents is 1. The van der Waals surface area contributed by atoms with Crippen molar-refractivity contribution in [1.82, 2.24) is 5.32 Å². The maximum atomic E-state index is 12.2. The predicted octanol–water partition coefficient (Wildman–Crippen LogP) is 1.77. The third kappa shape index (κ3) is 3.65. The molecule has 21 heavy (non-hydrogen) atoms. The highest BCUT2D eigenvalue weighted by Gasteiger charge is 2.28. The molecule has 1 aromatic carbocycles. The largest absolute Gasteiger partial charge is 0.507 e. The number of hydrogen-bond donors (Lipinski definition) is 3. The number of hydrogen-bond acceptors (Lipinski definition) is 4. The number of carboxylic acids is 1. The lowest BCUT2D eigenvalue weighted by molar-refractivity contribution is -0.143. The van der Waals surface area contributed by atoms with Crippen LogP contribution in [0.5, 0.6) is 11.5 Å². The van der Waals surface area contributed by atoms with Crippen molar-refractivity contribution >= 4 is 11.9 Å². The van der Waals surface area contributed by atoms with Crippen LogP contribution in [0.4, 0.5) is 0 Å². The van der Waals surface area contributed by atoms with Crippen LogP contribution >= 0.6 is 0 Å². The van der Waals surface area contributed by atoms with Crippen molar-refractivity contribution in [3.05, 3.63) is 23.8 Å². The highest BCUT2D eigenvalue weighted by molar-refractivity contribution is 5.97. The number of carbonyl (C=O) groups is 2. The zero-order chi connectivity index (χ0) is 15.4. The zero-order valence-electron chi connectivity index (χ0n) is 11.8. The summed E-state index contributed by atoms with van der Waals surface area (Å²) in [5.41, 5.74) is 0.131. The number of methoxy groups -OCH3 is 1. The third-order valence-electron chi connectivity index (χ3n) is 3.81. The van der Waals surface area contributed by atoms with E-state index in [2.05, 4.69) is 5.32 Å². The van der Waals surface area contributed by atoms with Crippen molar-refractivity contribution < 1.29 is 24.5 Å². The van der Waals surface area contributed by atoms with Crippen LogP contribution in [0, 0.1) is 5.92 Å². The van der Waals surface area contributed by atoms with Gasteiger partial charge in [0, 0.05) is 6.04 Å². The molecule has 0 spiro atoms. The number of amides is 1. The van der Waals surface area contributed by atoms with Crippen LogP contribution in [0.2, 0.25) is 0 Å². The quantitative estimate of drug-likeness (QED) is 0.786. The summed E-state index contributed by atoms with van der Waals surface area (Å²) in [6, 6.07) is 4.24. The van der Waals surface area contributed by atoms with Crippen molar-refractivity contribution in [1.29, 1.82) is 0 Å². The molecule has 2 atom stereocenters. The van der Waals surface area contributed by atoms with Gasteiger partial charge in [0.25, 0.3) is 5.91 Å². The highest BCUT2D eigenvalue weighted by atomic mass is 16.5. The molecule has 0 bridgehead atoms. The maximum Gasteiger partial charge on any atom is 0.306 e. The van der Waals surface area contributed by atoms with Gasteiger partial charge in [0.05, 0.1) is 18.6 Å². The van der Waals surface area contributed by atoms with Gasteiger partial charge in [-0.25, -0.2) is 0 Å². The minimum atomic E-state index is -0.821. The highest BCUT2D eigenvalue weighted by Crippen LogP contribution is 2.26. The van der Waals surface area contributed by atoms with E-state index < -0.39 is 17.8 Å². The fraction of sp³-hybridized carbons (Fsp3) is 0.467. The van der Waals surface area contributed by atoms with Crippen LogP contribution in [0.25, 0.3) is 0 Å². The Kier molecular flexibility index (Phi) is 4.67. The molecule has 0 radical (unpaired) electrons. The fourth-order valence-electron chi connectivity index (χ4n) is 2.63. The second-order valence-electron chi connectivity index (χ2n) is 5.26. The molecule has 2 rings (SSSR count). The van der Waals surface area contributed by atoms with Crippen molar-refractivity contribution in [3.63, 3.8) is 0 Å². The molecule has 0 heterocycles. The molecule has 1 amide bonds. The summed E-state index contributed by atoms with van der Waals surface area (Å²) in [5.74, 6) is -1.30. The number of ether oxygens (including phenoxy) is 1. The van der Waals surface area contributed by atoms with E-state index in [1.54, 1.807) is 6.07 Å². The number of carboxylic acid groups (broad SMARTS) is 1. The number of carbonyl (C=O) groups excluding carboxylic acids is 1. The molecule has 1 aliphatic carbocycles. The monoisotopic (exact) mass is 293 g/mol. The predicted molar refractivity (Wildman–Crippen MR) is 75.5 cm³/mol. The summed E-state index contributed by atoms with van der Waals surface area (Å²) in [6.07, 6.45) is 2.59. The number of benzene rings is 1. The van der Waals surface area contributed by atoms with Crippen LogP contribution in [0.15, 0.2) is 18.2 Å². The number of phenols is 1. The van der Waals surface area contributed by atoms with E-state index >= 15 is 0 Å². The van der Waals surface area contributed by atoms with Crippen molar-refractivity contribution in [2.24, 2.45) is 5.92 Å². The van der Waals surface area contributed by atoms with Crippen LogP contribution < -0.4 is 10.1 Å². The molecule has 1 saturated carbocycles. The molecule has 6 nitrogen and oxygen atoms in total. The lowest BCUT2D eigenvalue weighted by Gasteiger charge is -2.27. The van der Waals surface area contributed by atoms with Crippen molar-refractivity contribution in [3.8, 4) is 11.5 Å². The normalized spacial score (nSPS) is 21.6. The number of nitrogens with one attached hydrogen (secondary N) is 1. The molecule has 0 saturated heterocycles. The number of rotatable bonds is 4. The van der Waals surface area contributed by atoms with Gasteiger partial charge >= 0.3 is 5.97 Å². The summed E-state index contributed by atoms with van der Waals surface area (Å²) in [7, 11) is 1.48. The maximum absolute atomic E-state index is 12.2. The number of aliphatic carboxylic acids is 1. The standard InChI is InChI=1S/C15H19NO5/c1-21-11-5-6-13(17)12(8-11)14(18)16-10-4-2-3-9(7-10)15(19)20/h5-6,8-10,17H,2-4,7H2,1H3,(H,16,18)(H,19,20). The smallest absolute Gasteiger partial charge is 0.306 e. The summed E-state index contributed by atoms with van der Waals surface area (Å²) < 4.78 is 5.03. The first-order valence-corrected chi connectivity index (χ1v) is 6.92. The molecule has 3 N–H and O–H groups in total. The van der Waals surface area contributed by atoms with Gasteiger partial charge in [-0.3, -0.25) is 9.59 Å². The molecule has 1 fully saturated rings. The molecule has 0 aromatic heterocycles. The topological polar surface area (TPSA) is 95.9 Å². The Balaban J connectivity index is 2.05. The first-order chi connectivity index (χ1) is 10.0. The van der Waals surface area contributed by atoms with E-state index in [1.165, 1.54) is 19.2 Å². The molecule has 1 aliphatic rings. The zero-order valence-corrected chi connectivity index (χ0v) is 11.8. The van der Waals surface area contributed by atoms with Crippen molar-refractivity contribution in [2.75, 3.05) is 7.11 Å². The fourth-order valence-corrected chi connectivity index (χ4v) is 2.63. The average molecular weight is 293 g/mol. The SMILES string of the molecule is COc1ccc(O)c(C(=O)NC2CCCC(C(=O)O)C2)c1. The lowest BCUT2D eigenvalue weighted by atomic mass is 9.85. The molecule has 114 valence electrons. The van der Waals surface area contributed by atoms with Gasteiger partial charge in [0.1, 0.15) is 11.5 Å². The van der Waals surface area contributed by atoms with Crippen LogP contribution in [-0.4, -0.2) is 35.2 Å². The second-order valence-corrected chi connectivity index (χ2v) is 5.26. The molecule has 1 aromatic rings. The molecule has 0 aliphatic heterocycles. The Morgan fingerprint density at radius 2 is 2.10 bits per heavy atom. The Bertz CT molecular complexity index is 543. The Hall–Kier alpha value is -2.24. The molecular weight excluding hydrogens is 274 g/mol. The second kappa shape index (κ2) is 6.47. The van der Waals surface area contributed by atoms with Crippen LogP contribution in [-0.2, 0) is 4.79 Å². The first-order valence-electron chi connectivity index (χ1n) is 6.92. The van der Waals surface area contributed by atoms with Gasteiger partial charge in [-0.1, -0.05) is 6.42 Å². The van der Waals surface area contributed by atoms with Gasteiger partial charge < -0.3 is 20.3 Å². The van der Waals surface area contributed by atoms with Gasteiger partial charge in [-0.2, -0.15) is 0 Å². The minimum Gasteiger partial charge on any atom is -0.507 e. The van der Waals surface area contributed by atoms with Gasteiger partial charge in [-0.15, -0.1) is 0 Å². The summed E-state index contributed by atoms with van der Waals surface area (Å²) in [6.45, 7) is 0. The summed E-state index contributed by atoms with van der Waals surface area (Å²) in [5, 5.41) is 21.6. The van der Waals surface area contributed by atoms with E-state index in [9.17, 15) is 14.7 Å². The third-order valence-corrected chi connectivity index (χ3v) is 3.81. The number of aromatic hydroxyl groups is 1. The average Bonchev–Trinajstić information content (AvgIpc) is 2.48. The van der Waals surface area contributed by atoms with Crippen LogP contribution in [0.3, 0.4) is 0 Å². The van der Waals surface area contributed by atoms with E-state index in [1.807, 2.05) is 0 Å². The van der Waals surface area contributed by atoms with Gasteiger partial charge in [-0.05, 0) is 37.5 Å². The van der Waals surface area contributed by atoms with Crippen molar-refractivity contribution in [2.45, 2.75) is 31.7 Å². The lowest BCUT2D eigenvalue weighted by Crippen LogP contribution is -2.39. The summed E-state index contributed by atoms with van der Waals surface area (Å²) >= 11 is 0. The van der Waals surface area contributed by atoms with E-state index in [4.69, 9.17) is 9.84 Å². The van der Waals surface area contributed by atoms with Crippen LogP contribution in [0.1, 0.15) is 36.0 Å². The van der Waals surface area contributed by atoms with E-state index in [0.29, 0.717) is 18.6 Å². The van der Waals surface area contributed by atoms with E-state index in [0.717, 1.165) is 12.8 Å². The van der Waals surface area contributed by atoms with Gasteiger partial charge in [0.15, 0.2) is 0 Å². The Labute approximate surface area is 122 Å². The molecule has 2 unspecified atom stereocenters.